The normalized spacial score (nSPS) is 11.4. The Morgan fingerprint density at radius 3 is 2.47 bits per heavy atom. The molecule has 0 aliphatic carbocycles. The van der Waals surface area contributed by atoms with Crippen molar-refractivity contribution in [3.63, 3.8) is 0 Å². The number of benzene rings is 1. The van der Waals surface area contributed by atoms with Gasteiger partial charge >= 0.3 is 6.18 Å². The van der Waals surface area contributed by atoms with E-state index in [2.05, 4.69) is 0 Å². The summed E-state index contributed by atoms with van der Waals surface area (Å²) < 4.78 is 46.2. The molecule has 0 aromatic heterocycles. The second-order valence-electron chi connectivity index (χ2n) is 3.29. The lowest BCUT2D eigenvalue weighted by Crippen LogP contribution is -2.20. The van der Waals surface area contributed by atoms with Crippen LogP contribution in [0, 0.1) is 0 Å². The first-order chi connectivity index (χ1) is 7.98. The molecule has 0 fully saturated rings. The van der Waals surface area contributed by atoms with Gasteiger partial charge in [0, 0.05) is 12.1 Å². The highest BCUT2D eigenvalue weighted by Crippen LogP contribution is 2.32. The zero-order valence-corrected chi connectivity index (χ0v) is 9.38. The van der Waals surface area contributed by atoms with Crippen LogP contribution in [0.2, 0.25) is 0 Å². The summed E-state index contributed by atoms with van der Waals surface area (Å²) in [7, 11) is 0. The second-order valence-corrected chi connectivity index (χ2v) is 3.29. The Bertz CT molecular complexity index is 366. The van der Waals surface area contributed by atoms with Crippen molar-refractivity contribution < 1.29 is 22.6 Å². The molecule has 1 rings (SSSR count). The minimum Gasteiger partial charge on any atom is -0.490 e. The fourth-order valence-electron chi connectivity index (χ4n) is 1.31. The minimum atomic E-state index is -4.38. The zero-order chi connectivity index (χ0) is 12.9. The lowest BCUT2D eigenvalue weighted by atomic mass is 10.2. The Balaban J connectivity index is 2.92. The van der Waals surface area contributed by atoms with Crippen molar-refractivity contribution in [2.75, 3.05) is 13.2 Å². The molecule has 96 valence electrons. The van der Waals surface area contributed by atoms with Gasteiger partial charge in [-0.3, -0.25) is 0 Å². The van der Waals surface area contributed by atoms with Crippen LogP contribution in [0.3, 0.4) is 0 Å². The van der Waals surface area contributed by atoms with E-state index in [9.17, 15) is 13.2 Å². The smallest absolute Gasteiger partial charge is 0.422 e. The molecule has 0 amide bonds. The predicted molar refractivity (Wildman–Crippen MR) is 57.1 cm³/mol. The van der Waals surface area contributed by atoms with Crippen LogP contribution in [0.5, 0.6) is 11.5 Å². The number of para-hydroxylation sites is 1. The van der Waals surface area contributed by atoms with Crippen molar-refractivity contribution in [1.29, 1.82) is 0 Å². The zero-order valence-electron chi connectivity index (χ0n) is 9.38. The van der Waals surface area contributed by atoms with Crippen molar-refractivity contribution in [2.24, 2.45) is 5.73 Å². The maximum absolute atomic E-state index is 12.1. The van der Waals surface area contributed by atoms with E-state index in [0.717, 1.165) is 0 Å². The fourth-order valence-corrected chi connectivity index (χ4v) is 1.31. The average molecular weight is 249 g/mol. The third kappa shape index (κ3) is 4.14. The van der Waals surface area contributed by atoms with E-state index in [1.165, 1.54) is 0 Å². The number of rotatable bonds is 5. The Morgan fingerprint density at radius 1 is 1.24 bits per heavy atom. The lowest BCUT2D eigenvalue weighted by Gasteiger charge is -2.16. The molecule has 3 nitrogen and oxygen atoms in total. The Labute approximate surface area is 97.3 Å². The molecule has 0 aliphatic heterocycles. The van der Waals surface area contributed by atoms with E-state index in [1.807, 2.05) is 0 Å². The van der Waals surface area contributed by atoms with Crippen LogP contribution in [-0.2, 0) is 6.54 Å². The van der Waals surface area contributed by atoms with Crippen LogP contribution in [0.25, 0.3) is 0 Å². The van der Waals surface area contributed by atoms with E-state index in [4.69, 9.17) is 15.2 Å². The van der Waals surface area contributed by atoms with Crippen molar-refractivity contribution in [3.05, 3.63) is 23.8 Å². The van der Waals surface area contributed by atoms with Gasteiger partial charge < -0.3 is 15.2 Å². The predicted octanol–water partition coefficient (Wildman–Crippen LogP) is 2.49. The molecule has 0 atom stereocenters. The molecule has 0 saturated carbocycles. The first-order valence-electron chi connectivity index (χ1n) is 5.12. The number of alkyl halides is 3. The number of nitrogens with two attached hydrogens (primary N) is 1. The van der Waals surface area contributed by atoms with E-state index >= 15 is 0 Å². The summed E-state index contributed by atoms with van der Waals surface area (Å²) >= 11 is 0. The van der Waals surface area contributed by atoms with Gasteiger partial charge in [0.15, 0.2) is 18.1 Å². The van der Waals surface area contributed by atoms with Gasteiger partial charge in [-0.25, -0.2) is 0 Å². The van der Waals surface area contributed by atoms with Crippen molar-refractivity contribution >= 4 is 0 Å². The maximum atomic E-state index is 12.1. The third-order valence-electron chi connectivity index (χ3n) is 1.96. The molecule has 0 aliphatic rings. The van der Waals surface area contributed by atoms with Gasteiger partial charge in [0.1, 0.15) is 0 Å². The van der Waals surface area contributed by atoms with Crippen LogP contribution in [0.4, 0.5) is 13.2 Å². The molecule has 0 heterocycles. The van der Waals surface area contributed by atoms with E-state index in [0.29, 0.717) is 12.2 Å². The number of hydrogen-bond acceptors (Lipinski definition) is 3. The molecule has 6 heteroatoms. The fraction of sp³-hybridized carbons (Fsp3) is 0.455. The summed E-state index contributed by atoms with van der Waals surface area (Å²) in [6, 6.07) is 4.82. The van der Waals surface area contributed by atoms with Gasteiger partial charge in [-0.05, 0) is 13.0 Å². The van der Waals surface area contributed by atoms with Crippen LogP contribution < -0.4 is 15.2 Å². The molecule has 0 radical (unpaired) electrons. The maximum Gasteiger partial charge on any atom is 0.422 e. The van der Waals surface area contributed by atoms with E-state index in [-0.39, 0.29) is 18.0 Å². The number of hydrogen-bond donors (Lipinski definition) is 1. The molecular formula is C11H14F3NO2. The summed E-state index contributed by atoms with van der Waals surface area (Å²) in [6.45, 7) is 0.817. The Morgan fingerprint density at radius 2 is 1.94 bits per heavy atom. The van der Waals surface area contributed by atoms with Gasteiger partial charge in [0.25, 0.3) is 0 Å². The molecule has 0 unspecified atom stereocenters. The highest BCUT2D eigenvalue weighted by Gasteiger charge is 2.29. The summed E-state index contributed by atoms with van der Waals surface area (Å²) in [6.07, 6.45) is -4.38. The van der Waals surface area contributed by atoms with Crippen LogP contribution in [0.1, 0.15) is 12.5 Å². The van der Waals surface area contributed by atoms with Crippen molar-refractivity contribution in [2.45, 2.75) is 19.6 Å². The van der Waals surface area contributed by atoms with E-state index < -0.39 is 12.8 Å². The molecule has 1 aromatic carbocycles. The summed E-state index contributed by atoms with van der Waals surface area (Å²) in [5.74, 6) is 0.342. The van der Waals surface area contributed by atoms with Crippen molar-refractivity contribution in [1.82, 2.24) is 0 Å². The summed E-state index contributed by atoms with van der Waals surface area (Å²) in [5, 5.41) is 0. The topological polar surface area (TPSA) is 44.5 Å². The average Bonchev–Trinajstić information content (AvgIpc) is 2.26. The molecule has 2 N–H and O–H groups in total. The van der Waals surface area contributed by atoms with Gasteiger partial charge in [0.2, 0.25) is 0 Å². The summed E-state index contributed by atoms with van der Waals surface area (Å²) in [4.78, 5) is 0. The first-order valence-corrected chi connectivity index (χ1v) is 5.12. The number of halogens is 3. The van der Waals surface area contributed by atoms with Crippen LogP contribution in [-0.4, -0.2) is 19.4 Å². The molecular weight excluding hydrogens is 235 g/mol. The quantitative estimate of drug-likeness (QED) is 0.871. The minimum absolute atomic E-state index is 0.0641. The van der Waals surface area contributed by atoms with Crippen LogP contribution >= 0.6 is 0 Å². The molecule has 1 aromatic rings. The lowest BCUT2D eigenvalue weighted by molar-refractivity contribution is -0.153. The monoisotopic (exact) mass is 249 g/mol. The number of ether oxygens (including phenoxy) is 2. The summed E-state index contributed by atoms with van der Waals surface area (Å²) in [5.41, 5.74) is 5.92. The first kappa shape index (κ1) is 13.6. The third-order valence-corrected chi connectivity index (χ3v) is 1.96. The van der Waals surface area contributed by atoms with E-state index in [1.54, 1.807) is 25.1 Å². The molecule has 0 bridgehead atoms. The largest absolute Gasteiger partial charge is 0.490 e. The highest BCUT2D eigenvalue weighted by atomic mass is 19.4. The van der Waals surface area contributed by atoms with Gasteiger partial charge in [-0.2, -0.15) is 13.2 Å². The molecule has 0 saturated heterocycles. The van der Waals surface area contributed by atoms with Gasteiger partial charge in [-0.1, -0.05) is 12.1 Å². The Hall–Kier alpha value is -1.43. The van der Waals surface area contributed by atoms with Crippen molar-refractivity contribution in [3.8, 4) is 11.5 Å². The molecule has 0 spiro atoms. The standard InChI is InChI=1S/C11H14F3NO2/c1-2-16-9-5-3-4-8(6-15)10(9)17-7-11(12,13)14/h3-5H,2,6-7,15H2,1H3. The highest BCUT2D eigenvalue weighted by molar-refractivity contribution is 5.46. The van der Waals surface area contributed by atoms with Gasteiger partial charge in [-0.15, -0.1) is 0 Å². The van der Waals surface area contributed by atoms with Crippen LogP contribution in [0.15, 0.2) is 18.2 Å². The second kappa shape index (κ2) is 5.77. The molecule has 17 heavy (non-hydrogen) atoms. The Kier molecular flexibility index (Phi) is 4.62. The SMILES string of the molecule is CCOc1cccc(CN)c1OCC(F)(F)F. The van der Waals surface area contributed by atoms with Gasteiger partial charge in [0.05, 0.1) is 6.61 Å².